The molecule has 0 saturated heterocycles. The summed E-state index contributed by atoms with van der Waals surface area (Å²) < 4.78 is 1.73. The predicted molar refractivity (Wildman–Crippen MR) is 79.0 cm³/mol. The van der Waals surface area contributed by atoms with E-state index >= 15 is 0 Å². The first-order valence-corrected chi connectivity index (χ1v) is 7.18. The second kappa shape index (κ2) is 8.99. The Bertz CT molecular complexity index is 459. The lowest BCUT2D eigenvalue weighted by molar-refractivity contribution is -0.137. The van der Waals surface area contributed by atoms with Gasteiger partial charge in [-0.15, -0.1) is 0 Å². The fourth-order valence-electron chi connectivity index (χ4n) is 1.93. The van der Waals surface area contributed by atoms with Crippen molar-refractivity contribution in [2.75, 3.05) is 13.1 Å². The van der Waals surface area contributed by atoms with Crippen molar-refractivity contribution in [3.8, 4) is 0 Å². The normalized spacial score (nSPS) is 11.9. The van der Waals surface area contributed by atoms with Crippen LogP contribution in [0.25, 0.3) is 0 Å². The molecule has 1 aromatic heterocycles. The highest BCUT2D eigenvalue weighted by atomic mass is 16.4. The minimum Gasteiger partial charge on any atom is -0.481 e. The number of carboxylic acid groups (broad SMARTS) is 1. The molecule has 0 spiro atoms. The number of carboxylic acids is 1. The number of aryl methyl sites for hydroxylation is 1. The van der Waals surface area contributed by atoms with Gasteiger partial charge < -0.3 is 15.7 Å². The number of aliphatic carboxylic acids is 1. The van der Waals surface area contributed by atoms with E-state index in [-0.39, 0.29) is 18.4 Å². The van der Waals surface area contributed by atoms with E-state index < -0.39 is 5.97 Å². The van der Waals surface area contributed by atoms with Crippen molar-refractivity contribution in [3.63, 3.8) is 0 Å². The van der Waals surface area contributed by atoms with Crippen LogP contribution in [-0.4, -0.2) is 40.0 Å². The Morgan fingerprint density at radius 2 is 2.05 bits per heavy atom. The molecule has 21 heavy (non-hydrogen) atoms. The molecule has 0 fully saturated rings. The van der Waals surface area contributed by atoms with Crippen LogP contribution >= 0.6 is 0 Å². The van der Waals surface area contributed by atoms with Gasteiger partial charge in [0.25, 0.3) is 0 Å². The van der Waals surface area contributed by atoms with E-state index in [0.29, 0.717) is 19.5 Å². The number of carbonyl (C=O) groups is 2. The lowest BCUT2D eigenvalue weighted by Gasteiger charge is -2.11. The zero-order valence-electron chi connectivity index (χ0n) is 12.6. The monoisotopic (exact) mass is 296 g/mol. The summed E-state index contributed by atoms with van der Waals surface area (Å²) in [6, 6.07) is -0.190. The van der Waals surface area contributed by atoms with Gasteiger partial charge in [0.2, 0.25) is 0 Å². The predicted octanol–water partition coefficient (Wildman–Crippen LogP) is 1.15. The molecule has 7 nitrogen and oxygen atoms in total. The molecule has 7 heteroatoms. The van der Waals surface area contributed by atoms with E-state index in [0.717, 1.165) is 18.4 Å². The number of urea groups is 1. The largest absolute Gasteiger partial charge is 0.481 e. The fourth-order valence-corrected chi connectivity index (χ4v) is 1.93. The molecule has 1 heterocycles. The van der Waals surface area contributed by atoms with Gasteiger partial charge in [-0.1, -0.05) is 6.92 Å². The maximum Gasteiger partial charge on any atom is 0.314 e. The van der Waals surface area contributed by atoms with Crippen molar-refractivity contribution in [3.05, 3.63) is 18.0 Å². The van der Waals surface area contributed by atoms with E-state index in [2.05, 4.69) is 15.7 Å². The van der Waals surface area contributed by atoms with Gasteiger partial charge in [-0.3, -0.25) is 9.48 Å². The quantitative estimate of drug-likeness (QED) is 0.637. The molecule has 0 aliphatic carbocycles. The van der Waals surface area contributed by atoms with Gasteiger partial charge in [0, 0.05) is 32.8 Å². The molecular formula is C14H24N4O3. The van der Waals surface area contributed by atoms with Gasteiger partial charge in [-0.25, -0.2) is 4.79 Å². The molecule has 0 aliphatic heterocycles. The van der Waals surface area contributed by atoms with Crippen LogP contribution in [0.1, 0.15) is 31.7 Å². The second-order valence-electron chi connectivity index (χ2n) is 5.28. The van der Waals surface area contributed by atoms with Crippen molar-refractivity contribution in [1.29, 1.82) is 0 Å². The van der Waals surface area contributed by atoms with Gasteiger partial charge >= 0.3 is 12.0 Å². The number of hydrogen-bond acceptors (Lipinski definition) is 3. The molecule has 3 N–H and O–H groups in total. The van der Waals surface area contributed by atoms with Gasteiger partial charge in [0.15, 0.2) is 0 Å². The molecule has 1 atom stereocenters. The van der Waals surface area contributed by atoms with E-state index in [9.17, 15) is 9.59 Å². The zero-order chi connectivity index (χ0) is 15.7. The standard InChI is InChI=1S/C14H24N4O3/c1-11(3-4-13(19)20)5-7-15-14(21)16-8-6-12-9-17-18(2)10-12/h9-11H,3-8H2,1-2H3,(H,19,20)(H2,15,16,21). The Labute approximate surface area is 124 Å². The molecule has 0 aromatic carbocycles. The number of amides is 2. The molecule has 1 aromatic rings. The third kappa shape index (κ3) is 7.96. The van der Waals surface area contributed by atoms with Crippen LogP contribution in [0.3, 0.4) is 0 Å². The van der Waals surface area contributed by atoms with Gasteiger partial charge in [0.05, 0.1) is 6.20 Å². The van der Waals surface area contributed by atoms with Crippen LogP contribution in [0.2, 0.25) is 0 Å². The Morgan fingerprint density at radius 1 is 1.33 bits per heavy atom. The maximum atomic E-state index is 11.5. The minimum atomic E-state index is -0.775. The molecule has 2 amide bonds. The van der Waals surface area contributed by atoms with Gasteiger partial charge in [-0.05, 0) is 30.7 Å². The Hall–Kier alpha value is -2.05. The van der Waals surface area contributed by atoms with Crippen LogP contribution in [-0.2, 0) is 18.3 Å². The summed E-state index contributed by atoms with van der Waals surface area (Å²) in [7, 11) is 1.86. The molecular weight excluding hydrogens is 272 g/mol. The number of hydrogen-bond donors (Lipinski definition) is 3. The molecule has 0 radical (unpaired) electrons. The summed E-state index contributed by atoms with van der Waals surface area (Å²) in [5, 5.41) is 18.2. The number of carbonyl (C=O) groups excluding carboxylic acids is 1. The molecule has 1 unspecified atom stereocenters. The van der Waals surface area contributed by atoms with Crippen molar-refractivity contribution in [1.82, 2.24) is 20.4 Å². The topological polar surface area (TPSA) is 96.3 Å². The summed E-state index contributed by atoms with van der Waals surface area (Å²) in [5.74, 6) is -0.486. The SMILES string of the molecule is CC(CCNC(=O)NCCc1cnn(C)c1)CCC(=O)O. The van der Waals surface area contributed by atoms with E-state index in [1.807, 2.05) is 20.2 Å². The van der Waals surface area contributed by atoms with Crippen molar-refractivity contribution < 1.29 is 14.7 Å². The summed E-state index contributed by atoms with van der Waals surface area (Å²) in [6.45, 7) is 3.11. The second-order valence-corrected chi connectivity index (χ2v) is 5.28. The van der Waals surface area contributed by atoms with Crippen molar-refractivity contribution >= 4 is 12.0 Å². The smallest absolute Gasteiger partial charge is 0.314 e. The average Bonchev–Trinajstić information content (AvgIpc) is 2.82. The first-order chi connectivity index (χ1) is 9.97. The fraction of sp³-hybridized carbons (Fsp3) is 0.643. The Morgan fingerprint density at radius 3 is 2.67 bits per heavy atom. The number of aromatic nitrogens is 2. The summed E-state index contributed by atoms with van der Waals surface area (Å²) in [6.07, 6.45) is 6.05. The Balaban J connectivity index is 2.04. The third-order valence-corrected chi connectivity index (χ3v) is 3.23. The van der Waals surface area contributed by atoms with Crippen LogP contribution in [0.5, 0.6) is 0 Å². The highest BCUT2D eigenvalue weighted by Gasteiger charge is 2.06. The molecule has 0 saturated carbocycles. The number of nitrogens with zero attached hydrogens (tertiary/aromatic N) is 2. The maximum absolute atomic E-state index is 11.5. The zero-order valence-corrected chi connectivity index (χ0v) is 12.6. The van der Waals surface area contributed by atoms with E-state index in [4.69, 9.17) is 5.11 Å². The van der Waals surface area contributed by atoms with Crippen LogP contribution < -0.4 is 10.6 Å². The molecule has 1 rings (SSSR count). The highest BCUT2D eigenvalue weighted by Crippen LogP contribution is 2.08. The van der Waals surface area contributed by atoms with Gasteiger partial charge in [0.1, 0.15) is 0 Å². The summed E-state index contributed by atoms with van der Waals surface area (Å²) >= 11 is 0. The van der Waals surface area contributed by atoms with E-state index in [1.165, 1.54) is 0 Å². The third-order valence-electron chi connectivity index (χ3n) is 3.23. The lowest BCUT2D eigenvalue weighted by atomic mass is 10.0. The minimum absolute atomic E-state index is 0.179. The van der Waals surface area contributed by atoms with Crippen molar-refractivity contribution in [2.45, 2.75) is 32.6 Å². The first-order valence-electron chi connectivity index (χ1n) is 7.18. The van der Waals surface area contributed by atoms with Crippen LogP contribution in [0, 0.1) is 5.92 Å². The van der Waals surface area contributed by atoms with E-state index in [1.54, 1.807) is 10.9 Å². The van der Waals surface area contributed by atoms with Crippen LogP contribution in [0.4, 0.5) is 4.79 Å². The van der Waals surface area contributed by atoms with Crippen LogP contribution in [0.15, 0.2) is 12.4 Å². The lowest BCUT2D eigenvalue weighted by Crippen LogP contribution is -2.37. The number of rotatable bonds is 9. The number of nitrogens with one attached hydrogen (secondary N) is 2. The van der Waals surface area contributed by atoms with Gasteiger partial charge in [-0.2, -0.15) is 5.10 Å². The summed E-state index contributed by atoms with van der Waals surface area (Å²) in [4.78, 5) is 22.0. The molecule has 0 aliphatic rings. The Kier molecular flexibility index (Phi) is 7.28. The molecule has 118 valence electrons. The first kappa shape index (κ1) is 17.0. The highest BCUT2D eigenvalue weighted by molar-refractivity contribution is 5.73. The average molecular weight is 296 g/mol. The van der Waals surface area contributed by atoms with Crippen molar-refractivity contribution in [2.24, 2.45) is 13.0 Å². The summed E-state index contributed by atoms with van der Waals surface area (Å²) in [5.41, 5.74) is 1.08. The molecule has 0 bridgehead atoms.